The third-order valence-electron chi connectivity index (χ3n) is 2.91. The van der Waals surface area contributed by atoms with Gasteiger partial charge < -0.3 is 10.6 Å². The van der Waals surface area contributed by atoms with Crippen LogP contribution in [0.5, 0.6) is 0 Å². The van der Waals surface area contributed by atoms with E-state index in [1.54, 1.807) is 0 Å². The Morgan fingerprint density at radius 2 is 2.10 bits per heavy atom. The average molecular weight is 283 g/mol. The Bertz CT molecular complexity index is 690. The summed E-state index contributed by atoms with van der Waals surface area (Å²) in [6, 6.07) is 9.36. The Kier molecular flexibility index (Phi) is 4.67. The molecule has 108 valence electrons. The Labute approximate surface area is 123 Å². The number of hydrogen-bond acceptors (Lipinski definition) is 5. The molecule has 2 rings (SSSR count). The van der Waals surface area contributed by atoms with Gasteiger partial charge in [0.15, 0.2) is 5.69 Å². The molecule has 0 spiro atoms. The van der Waals surface area contributed by atoms with Crippen LogP contribution in [0.25, 0.3) is 10.9 Å². The van der Waals surface area contributed by atoms with Crippen molar-refractivity contribution < 1.29 is 4.79 Å². The minimum Gasteiger partial charge on any atom is -0.373 e. The molecule has 2 aromatic rings. The Balaban J connectivity index is 2.17. The standard InChI is InChI=1S/C15H17N5O/c1-10(2)8-17-14(21)9-18-15-11-5-3-4-6-12(11)19-20-13(15)7-16/h3-6,10H,8-9H2,1-2H3,(H,17,21)(H,18,19). The molecule has 2 N–H and O–H groups in total. The van der Waals surface area contributed by atoms with E-state index in [0.717, 1.165) is 5.39 Å². The summed E-state index contributed by atoms with van der Waals surface area (Å²) in [6.45, 7) is 4.78. The summed E-state index contributed by atoms with van der Waals surface area (Å²) >= 11 is 0. The molecule has 0 aliphatic heterocycles. The van der Waals surface area contributed by atoms with Crippen molar-refractivity contribution in [3.05, 3.63) is 30.0 Å². The summed E-state index contributed by atoms with van der Waals surface area (Å²) in [5.74, 6) is 0.278. The summed E-state index contributed by atoms with van der Waals surface area (Å²) < 4.78 is 0. The fourth-order valence-electron chi connectivity index (χ4n) is 1.86. The number of nitrogens with zero attached hydrogens (tertiary/aromatic N) is 3. The smallest absolute Gasteiger partial charge is 0.239 e. The second-order valence-electron chi connectivity index (χ2n) is 5.10. The lowest BCUT2D eigenvalue weighted by Crippen LogP contribution is -2.32. The number of carbonyl (C=O) groups excluding carboxylic acids is 1. The van der Waals surface area contributed by atoms with E-state index in [2.05, 4.69) is 20.8 Å². The van der Waals surface area contributed by atoms with Gasteiger partial charge in [0, 0.05) is 11.9 Å². The fraction of sp³-hybridized carbons (Fsp3) is 0.333. The van der Waals surface area contributed by atoms with E-state index in [1.165, 1.54) is 0 Å². The van der Waals surface area contributed by atoms with Gasteiger partial charge in [-0.05, 0) is 12.0 Å². The molecule has 6 nitrogen and oxygen atoms in total. The van der Waals surface area contributed by atoms with E-state index in [9.17, 15) is 4.79 Å². The number of amides is 1. The number of hydrogen-bond donors (Lipinski definition) is 2. The fourth-order valence-corrected chi connectivity index (χ4v) is 1.86. The molecule has 0 unspecified atom stereocenters. The maximum Gasteiger partial charge on any atom is 0.239 e. The average Bonchev–Trinajstić information content (AvgIpc) is 2.50. The molecule has 1 aromatic heterocycles. The lowest BCUT2D eigenvalue weighted by atomic mass is 10.1. The highest BCUT2D eigenvalue weighted by atomic mass is 16.1. The van der Waals surface area contributed by atoms with Crippen molar-refractivity contribution in [1.29, 1.82) is 5.26 Å². The van der Waals surface area contributed by atoms with Crippen LogP contribution in [-0.2, 0) is 4.79 Å². The molecule has 0 atom stereocenters. The highest BCUT2D eigenvalue weighted by molar-refractivity contribution is 5.94. The lowest BCUT2D eigenvalue weighted by molar-refractivity contribution is -0.119. The van der Waals surface area contributed by atoms with E-state index in [1.807, 2.05) is 44.2 Å². The van der Waals surface area contributed by atoms with Crippen LogP contribution in [0, 0.1) is 17.2 Å². The van der Waals surface area contributed by atoms with Crippen molar-refractivity contribution in [3.8, 4) is 6.07 Å². The number of benzene rings is 1. The second kappa shape index (κ2) is 6.66. The second-order valence-corrected chi connectivity index (χ2v) is 5.10. The molecule has 1 amide bonds. The van der Waals surface area contributed by atoms with E-state index in [0.29, 0.717) is 23.7 Å². The lowest BCUT2D eigenvalue weighted by Gasteiger charge is -2.11. The van der Waals surface area contributed by atoms with Gasteiger partial charge in [0.1, 0.15) is 6.07 Å². The van der Waals surface area contributed by atoms with Crippen molar-refractivity contribution in [2.75, 3.05) is 18.4 Å². The number of fused-ring (bicyclic) bond motifs is 1. The monoisotopic (exact) mass is 283 g/mol. The molecular formula is C15H17N5O. The topological polar surface area (TPSA) is 90.7 Å². The van der Waals surface area contributed by atoms with Crippen LogP contribution in [-0.4, -0.2) is 29.2 Å². The Hall–Kier alpha value is -2.68. The molecule has 0 aliphatic rings. The van der Waals surface area contributed by atoms with E-state index < -0.39 is 0 Å². The summed E-state index contributed by atoms with van der Waals surface area (Å²) in [5, 5.41) is 23.6. The quantitative estimate of drug-likeness (QED) is 0.871. The molecule has 0 bridgehead atoms. The first-order chi connectivity index (χ1) is 10.1. The summed E-state index contributed by atoms with van der Waals surface area (Å²) in [5.41, 5.74) is 1.41. The first kappa shape index (κ1) is 14.7. The first-order valence-electron chi connectivity index (χ1n) is 6.78. The highest BCUT2D eigenvalue weighted by Crippen LogP contribution is 2.23. The maximum atomic E-state index is 11.8. The highest BCUT2D eigenvalue weighted by Gasteiger charge is 2.11. The van der Waals surface area contributed by atoms with Gasteiger partial charge in [-0.1, -0.05) is 32.0 Å². The van der Waals surface area contributed by atoms with Crippen LogP contribution in [0.1, 0.15) is 19.5 Å². The van der Waals surface area contributed by atoms with Gasteiger partial charge in [0.05, 0.1) is 17.7 Å². The summed E-state index contributed by atoms with van der Waals surface area (Å²) in [7, 11) is 0. The zero-order valence-electron chi connectivity index (χ0n) is 12.1. The normalized spacial score (nSPS) is 10.4. The third-order valence-corrected chi connectivity index (χ3v) is 2.91. The molecule has 0 saturated heterocycles. The van der Waals surface area contributed by atoms with Crippen LogP contribution in [0.3, 0.4) is 0 Å². The molecule has 0 radical (unpaired) electrons. The molecule has 0 saturated carbocycles. The minimum absolute atomic E-state index is 0.0943. The van der Waals surface area contributed by atoms with Crippen LogP contribution in [0.4, 0.5) is 5.69 Å². The largest absolute Gasteiger partial charge is 0.373 e. The molecule has 21 heavy (non-hydrogen) atoms. The van der Waals surface area contributed by atoms with Gasteiger partial charge in [0.2, 0.25) is 5.91 Å². The van der Waals surface area contributed by atoms with Gasteiger partial charge in [-0.15, -0.1) is 10.2 Å². The Morgan fingerprint density at radius 3 is 2.81 bits per heavy atom. The summed E-state index contributed by atoms with van der Waals surface area (Å²) in [6.07, 6.45) is 0. The molecule has 1 aromatic carbocycles. The zero-order valence-corrected chi connectivity index (χ0v) is 12.1. The third kappa shape index (κ3) is 3.66. The van der Waals surface area contributed by atoms with Gasteiger partial charge >= 0.3 is 0 Å². The van der Waals surface area contributed by atoms with Crippen LogP contribution >= 0.6 is 0 Å². The van der Waals surface area contributed by atoms with Crippen LogP contribution in [0.15, 0.2) is 24.3 Å². The number of aromatic nitrogens is 2. The number of rotatable bonds is 5. The van der Waals surface area contributed by atoms with E-state index in [4.69, 9.17) is 5.26 Å². The van der Waals surface area contributed by atoms with E-state index in [-0.39, 0.29) is 18.1 Å². The first-order valence-corrected chi connectivity index (χ1v) is 6.78. The van der Waals surface area contributed by atoms with Gasteiger partial charge in [-0.25, -0.2) is 0 Å². The van der Waals surface area contributed by atoms with Crippen LogP contribution < -0.4 is 10.6 Å². The van der Waals surface area contributed by atoms with Gasteiger partial charge in [-0.2, -0.15) is 5.26 Å². The van der Waals surface area contributed by atoms with Gasteiger partial charge in [-0.3, -0.25) is 4.79 Å². The molecule has 1 heterocycles. The van der Waals surface area contributed by atoms with Crippen molar-refractivity contribution in [1.82, 2.24) is 15.5 Å². The molecule has 0 aliphatic carbocycles. The Morgan fingerprint density at radius 1 is 1.33 bits per heavy atom. The minimum atomic E-state index is -0.117. The SMILES string of the molecule is CC(C)CNC(=O)CNc1c(C#N)nnc2ccccc12. The predicted octanol–water partition coefficient (Wildman–Crippen LogP) is 1.69. The van der Waals surface area contributed by atoms with Crippen molar-refractivity contribution in [2.45, 2.75) is 13.8 Å². The predicted molar refractivity (Wildman–Crippen MR) is 80.6 cm³/mol. The number of nitrogens with one attached hydrogen (secondary N) is 2. The van der Waals surface area contributed by atoms with Crippen molar-refractivity contribution >= 4 is 22.5 Å². The van der Waals surface area contributed by atoms with Crippen LogP contribution in [0.2, 0.25) is 0 Å². The number of anilines is 1. The summed E-state index contributed by atoms with van der Waals surface area (Å²) in [4.78, 5) is 11.8. The van der Waals surface area contributed by atoms with E-state index >= 15 is 0 Å². The van der Waals surface area contributed by atoms with Gasteiger partial charge in [0.25, 0.3) is 0 Å². The van der Waals surface area contributed by atoms with Crippen molar-refractivity contribution in [3.63, 3.8) is 0 Å². The number of carbonyl (C=O) groups is 1. The molecular weight excluding hydrogens is 266 g/mol. The van der Waals surface area contributed by atoms with Crippen molar-refractivity contribution in [2.24, 2.45) is 5.92 Å². The zero-order chi connectivity index (χ0) is 15.2. The number of nitriles is 1. The molecule has 6 heteroatoms. The maximum absolute atomic E-state index is 11.8. The molecule has 0 fully saturated rings.